The van der Waals surface area contributed by atoms with Crippen LogP contribution in [-0.2, 0) is 14.9 Å². The van der Waals surface area contributed by atoms with Crippen molar-refractivity contribution >= 4 is 15.7 Å². The van der Waals surface area contributed by atoms with E-state index in [-0.39, 0.29) is 17.5 Å². The molecule has 2 aromatic rings. The van der Waals surface area contributed by atoms with Gasteiger partial charge in [0.2, 0.25) is 10.0 Å². The maximum atomic E-state index is 13.1. The average Bonchev–Trinajstić information content (AvgIpc) is 3.09. The molecule has 7 heteroatoms. The highest BCUT2D eigenvalue weighted by molar-refractivity contribution is 7.89. The first-order valence-electron chi connectivity index (χ1n) is 8.45. The van der Waals surface area contributed by atoms with Crippen molar-refractivity contribution in [3.63, 3.8) is 0 Å². The quantitative estimate of drug-likeness (QED) is 0.777. The first-order chi connectivity index (χ1) is 12.4. The van der Waals surface area contributed by atoms with Gasteiger partial charge in [0.15, 0.2) is 0 Å². The fourth-order valence-corrected chi connectivity index (χ4v) is 4.30. The molecule has 0 saturated heterocycles. The molecule has 0 saturated carbocycles. The van der Waals surface area contributed by atoms with Crippen molar-refractivity contribution < 1.29 is 17.6 Å². The zero-order chi connectivity index (χ0) is 18.7. The van der Waals surface area contributed by atoms with Crippen molar-refractivity contribution in [3.8, 4) is 0 Å². The normalized spacial score (nSPS) is 17.2. The Hall–Kier alpha value is -2.25. The molecule has 0 spiro atoms. The van der Waals surface area contributed by atoms with Gasteiger partial charge in [-0.05, 0) is 36.8 Å². The van der Waals surface area contributed by atoms with Crippen LogP contribution in [0.15, 0.2) is 58.6 Å². The molecule has 3 rings (SSSR count). The van der Waals surface area contributed by atoms with E-state index in [0.717, 1.165) is 29.0 Å². The van der Waals surface area contributed by atoms with Crippen molar-refractivity contribution in [1.29, 1.82) is 0 Å². The second-order valence-electron chi connectivity index (χ2n) is 6.25. The maximum absolute atomic E-state index is 13.1. The van der Waals surface area contributed by atoms with E-state index in [1.807, 2.05) is 31.2 Å². The average molecular weight is 376 g/mol. The van der Waals surface area contributed by atoms with Crippen molar-refractivity contribution in [1.82, 2.24) is 4.31 Å². The predicted molar refractivity (Wildman–Crippen MR) is 98.0 cm³/mol. The van der Waals surface area contributed by atoms with E-state index in [2.05, 4.69) is 5.16 Å². The number of nitrogens with zero attached hydrogens (tertiary/aromatic N) is 2. The van der Waals surface area contributed by atoms with Gasteiger partial charge in [0.05, 0.1) is 17.2 Å². The van der Waals surface area contributed by atoms with E-state index in [9.17, 15) is 12.8 Å². The second-order valence-corrected chi connectivity index (χ2v) is 8.18. The number of aryl methyl sites for hydroxylation is 1. The highest BCUT2D eigenvalue weighted by Gasteiger charge is 2.30. The zero-order valence-corrected chi connectivity index (χ0v) is 15.5. The third-order valence-electron chi connectivity index (χ3n) is 4.33. The molecule has 0 bridgehead atoms. The summed E-state index contributed by atoms with van der Waals surface area (Å²) in [5.41, 5.74) is 2.94. The lowest BCUT2D eigenvalue weighted by Crippen LogP contribution is -2.37. The Morgan fingerprint density at radius 1 is 1.15 bits per heavy atom. The molecule has 5 nitrogen and oxygen atoms in total. The monoisotopic (exact) mass is 376 g/mol. The molecule has 0 fully saturated rings. The number of benzene rings is 2. The molecule has 138 valence electrons. The fourth-order valence-electron chi connectivity index (χ4n) is 2.82. The van der Waals surface area contributed by atoms with Gasteiger partial charge in [-0.3, -0.25) is 0 Å². The molecule has 0 radical (unpaired) electrons. The molecule has 0 aromatic heterocycles. The van der Waals surface area contributed by atoms with Crippen LogP contribution in [0.4, 0.5) is 4.39 Å². The number of oxime groups is 1. The number of likely N-dealkylation sites (N-methyl/N-ethyl adjacent to an activating group) is 1. The first kappa shape index (κ1) is 18.5. The van der Waals surface area contributed by atoms with E-state index < -0.39 is 15.8 Å². The standard InChI is InChI=1S/C19H21FN2O3S/c1-3-22(26(23,24)18-10-8-16(20)9-11-18)13-17-12-19(21-25-17)15-6-4-14(2)5-7-15/h4-11,17H,3,12-13H2,1-2H3/t17-/m0/s1. The van der Waals surface area contributed by atoms with Crippen LogP contribution in [-0.4, -0.2) is 37.6 Å². The SMILES string of the molecule is CCN(C[C@@H]1CC(c2ccc(C)cc2)=NO1)S(=O)(=O)c1ccc(F)cc1. The van der Waals surface area contributed by atoms with Gasteiger partial charge in [-0.25, -0.2) is 12.8 Å². The van der Waals surface area contributed by atoms with E-state index in [0.29, 0.717) is 13.0 Å². The Bertz CT molecular complexity index is 893. The Balaban J connectivity index is 1.69. The third kappa shape index (κ3) is 3.94. The highest BCUT2D eigenvalue weighted by atomic mass is 32.2. The molecule has 1 aliphatic rings. The minimum atomic E-state index is -3.71. The number of hydrogen-bond acceptors (Lipinski definition) is 4. The zero-order valence-electron chi connectivity index (χ0n) is 14.7. The van der Waals surface area contributed by atoms with Gasteiger partial charge < -0.3 is 4.84 Å². The number of hydrogen-bond donors (Lipinski definition) is 0. The minimum Gasteiger partial charge on any atom is -0.390 e. The molecule has 26 heavy (non-hydrogen) atoms. The van der Waals surface area contributed by atoms with Crippen molar-refractivity contribution in [3.05, 3.63) is 65.5 Å². The Kier molecular flexibility index (Phi) is 5.38. The molecule has 0 aliphatic carbocycles. The molecular formula is C19H21FN2O3S. The summed E-state index contributed by atoms with van der Waals surface area (Å²) in [6.45, 7) is 4.26. The molecule has 0 amide bonds. The molecule has 1 aliphatic heterocycles. The Labute approximate surface area is 153 Å². The molecule has 0 N–H and O–H groups in total. The van der Waals surface area contributed by atoms with Crippen LogP contribution in [0.2, 0.25) is 0 Å². The summed E-state index contributed by atoms with van der Waals surface area (Å²) in [5, 5.41) is 4.12. The van der Waals surface area contributed by atoms with Crippen molar-refractivity contribution in [2.75, 3.05) is 13.1 Å². The lowest BCUT2D eigenvalue weighted by Gasteiger charge is -2.22. The largest absolute Gasteiger partial charge is 0.390 e. The number of halogens is 1. The van der Waals surface area contributed by atoms with Gasteiger partial charge in [0.1, 0.15) is 11.9 Å². The van der Waals surface area contributed by atoms with Gasteiger partial charge in [-0.2, -0.15) is 4.31 Å². The van der Waals surface area contributed by atoms with E-state index >= 15 is 0 Å². The summed E-state index contributed by atoms with van der Waals surface area (Å²) in [6.07, 6.45) is 0.194. The van der Waals surface area contributed by atoms with Crippen LogP contribution in [0.3, 0.4) is 0 Å². The van der Waals surface area contributed by atoms with E-state index in [1.54, 1.807) is 6.92 Å². The molecule has 0 unspecified atom stereocenters. The van der Waals surface area contributed by atoms with Crippen molar-refractivity contribution in [2.45, 2.75) is 31.3 Å². The molecule has 1 atom stereocenters. The summed E-state index contributed by atoms with van der Waals surface area (Å²) in [7, 11) is -3.71. The van der Waals surface area contributed by atoms with Gasteiger partial charge in [0.25, 0.3) is 0 Å². The van der Waals surface area contributed by atoms with Crippen LogP contribution in [0.5, 0.6) is 0 Å². The number of sulfonamides is 1. The summed E-state index contributed by atoms with van der Waals surface area (Å²) in [6, 6.07) is 12.8. The molecule has 1 heterocycles. The Morgan fingerprint density at radius 2 is 1.81 bits per heavy atom. The summed E-state index contributed by atoms with van der Waals surface area (Å²) >= 11 is 0. The smallest absolute Gasteiger partial charge is 0.243 e. The Morgan fingerprint density at radius 3 is 2.42 bits per heavy atom. The maximum Gasteiger partial charge on any atom is 0.243 e. The second kappa shape index (κ2) is 7.55. The van der Waals surface area contributed by atoms with Crippen LogP contribution >= 0.6 is 0 Å². The minimum absolute atomic E-state index is 0.0680. The van der Waals surface area contributed by atoms with Crippen LogP contribution in [0.1, 0.15) is 24.5 Å². The van der Waals surface area contributed by atoms with Gasteiger partial charge in [0, 0.05) is 13.0 Å². The molecule has 2 aromatic carbocycles. The third-order valence-corrected chi connectivity index (χ3v) is 6.28. The summed E-state index contributed by atoms with van der Waals surface area (Å²) in [4.78, 5) is 5.52. The topological polar surface area (TPSA) is 59.0 Å². The lowest BCUT2D eigenvalue weighted by atomic mass is 10.0. The van der Waals surface area contributed by atoms with Gasteiger partial charge in [-0.15, -0.1) is 0 Å². The van der Waals surface area contributed by atoms with Gasteiger partial charge >= 0.3 is 0 Å². The van der Waals surface area contributed by atoms with Crippen LogP contribution in [0.25, 0.3) is 0 Å². The summed E-state index contributed by atoms with van der Waals surface area (Å²) < 4.78 is 39.9. The van der Waals surface area contributed by atoms with Crippen LogP contribution < -0.4 is 0 Å². The highest BCUT2D eigenvalue weighted by Crippen LogP contribution is 2.22. The van der Waals surface area contributed by atoms with Crippen molar-refractivity contribution in [2.24, 2.45) is 5.16 Å². The summed E-state index contributed by atoms with van der Waals surface area (Å²) in [5.74, 6) is -0.470. The van der Waals surface area contributed by atoms with Gasteiger partial charge in [-0.1, -0.05) is 41.9 Å². The predicted octanol–water partition coefficient (Wildman–Crippen LogP) is 3.34. The number of rotatable bonds is 6. The molecular weight excluding hydrogens is 355 g/mol. The van der Waals surface area contributed by atoms with Crippen LogP contribution in [0, 0.1) is 12.7 Å². The fraction of sp³-hybridized carbons (Fsp3) is 0.316. The van der Waals surface area contributed by atoms with E-state index in [4.69, 9.17) is 4.84 Å². The first-order valence-corrected chi connectivity index (χ1v) is 9.89. The lowest BCUT2D eigenvalue weighted by molar-refractivity contribution is 0.0712. The van der Waals surface area contributed by atoms with E-state index in [1.165, 1.54) is 16.4 Å².